The normalized spacial score (nSPS) is 15.6. The van der Waals surface area contributed by atoms with Gasteiger partial charge in [0.25, 0.3) is 0 Å². The van der Waals surface area contributed by atoms with E-state index in [2.05, 4.69) is 0 Å². The average molecular weight is 291 g/mol. The molecule has 3 nitrogen and oxygen atoms in total. The van der Waals surface area contributed by atoms with E-state index in [0.29, 0.717) is 5.56 Å². The molecule has 6 heteroatoms. The van der Waals surface area contributed by atoms with Gasteiger partial charge < -0.3 is 10.6 Å². The summed E-state index contributed by atoms with van der Waals surface area (Å²) in [6, 6.07) is 2.94. The van der Waals surface area contributed by atoms with Crippen LogP contribution >= 0.6 is 12.4 Å². The third kappa shape index (κ3) is 3.88. The third-order valence-corrected chi connectivity index (χ3v) is 3.02. The summed E-state index contributed by atoms with van der Waals surface area (Å²) in [5.41, 5.74) is 5.89. The summed E-state index contributed by atoms with van der Waals surface area (Å²) in [4.78, 5) is 13.5. The monoisotopic (exact) mass is 290 g/mol. The SMILES string of the molecule is CC(N)C(=O)N(Cc1ccc(F)cc1F)C1CC1.Cl. The molecule has 1 aliphatic rings. The van der Waals surface area contributed by atoms with E-state index < -0.39 is 17.7 Å². The second-order valence-corrected chi connectivity index (χ2v) is 4.72. The number of nitrogens with zero attached hydrogens (tertiary/aromatic N) is 1. The molecule has 19 heavy (non-hydrogen) atoms. The van der Waals surface area contributed by atoms with Gasteiger partial charge in [0, 0.05) is 24.2 Å². The number of amides is 1. The Morgan fingerprint density at radius 1 is 1.47 bits per heavy atom. The highest BCUT2D eigenvalue weighted by atomic mass is 35.5. The van der Waals surface area contributed by atoms with Gasteiger partial charge >= 0.3 is 0 Å². The molecule has 1 unspecified atom stereocenters. The molecule has 2 rings (SSSR count). The number of hydrogen-bond acceptors (Lipinski definition) is 2. The van der Waals surface area contributed by atoms with Crippen LogP contribution in [0.4, 0.5) is 8.78 Å². The van der Waals surface area contributed by atoms with Crippen molar-refractivity contribution in [2.24, 2.45) is 5.73 Å². The zero-order valence-corrected chi connectivity index (χ0v) is 11.4. The van der Waals surface area contributed by atoms with Crippen LogP contribution in [-0.2, 0) is 11.3 Å². The summed E-state index contributed by atoms with van der Waals surface area (Å²) < 4.78 is 26.4. The van der Waals surface area contributed by atoms with Crippen LogP contribution in [0.5, 0.6) is 0 Å². The van der Waals surface area contributed by atoms with E-state index in [1.54, 1.807) is 11.8 Å². The molecule has 0 saturated heterocycles. The molecule has 1 aromatic carbocycles. The quantitative estimate of drug-likeness (QED) is 0.924. The van der Waals surface area contributed by atoms with E-state index in [-0.39, 0.29) is 30.9 Å². The molecule has 1 atom stereocenters. The Kier molecular flexibility index (Phi) is 5.26. The largest absolute Gasteiger partial charge is 0.334 e. The second kappa shape index (κ2) is 6.30. The Balaban J connectivity index is 0.00000180. The first-order valence-electron chi connectivity index (χ1n) is 5.99. The molecule has 0 spiro atoms. The van der Waals surface area contributed by atoms with Crippen molar-refractivity contribution in [1.82, 2.24) is 4.90 Å². The van der Waals surface area contributed by atoms with Crippen LogP contribution in [0.15, 0.2) is 18.2 Å². The van der Waals surface area contributed by atoms with Gasteiger partial charge in [-0.05, 0) is 25.8 Å². The minimum absolute atomic E-state index is 0. The number of hydrogen-bond donors (Lipinski definition) is 1. The molecule has 1 fully saturated rings. The minimum atomic E-state index is -0.627. The van der Waals surface area contributed by atoms with Gasteiger partial charge in [0.05, 0.1) is 6.04 Å². The van der Waals surface area contributed by atoms with E-state index in [9.17, 15) is 13.6 Å². The third-order valence-electron chi connectivity index (χ3n) is 3.02. The summed E-state index contributed by atoms with van der Waals surface area (Å²) >= 11 is 0. The molecule has 0 heterocycles. The Bertz CT molecular complexity index is 464. The van der Waals surface area contributed by atoms with Crippen LogP contribution in [-0.4, -0.2) is 22.9 Å². The van der Waals surface area contributed by atoms with Gasteiger partial charge in [-0.1, -0.05) is 6.07 Å². The van der Waals surface area contributed by atoms with Crippen molar-refractivity contribution in [2.75, 3.05) is 0 Å². The van der Waals surface area contributed by atoms with Gasteiger partial charge in [-0.2, -0.15) is 0 Å². The fourth-order valence-electron chi connectivity index (χ4n) is 1.87. The number of benzene rings is 1. The molecule has 1 amide bonds. The molecule has 0 aromatic heterocycles. The van der Waals surface area contributed by atoms with Crippen molar-refractivity contribution in [2.45, 2.75) is 38.4 Å². The molecule has 0 radical (unpaired) electrons. The lowest BCUT2D eigenvalue weighted by Gasteiger charge is -2.24. The molecule has 1 aromatic rings. The Morgan fingerprint density at radius 3 is 2.58 bits per heavy atom. The lowest BCUT2D eigenvalue weighted by molar-refractivity contribution is -0.133. The minimum Gasteiger partial charge on any atom is -0.334 e. The highest BCUT2D eigenvalue weighted by molar-refractivity contribution is 5.85. The van der Waals surface area contributed by atoms with Crippen molar-refractivity contribution in [1.29, 1.82) is 0 Å². The molecule has 1 aliphatic carbocycles. The van der Waals surface area contributed by atoms with Crippen LogP contribution in [0.1, 0.15) is 25.3 Å². The summed E-state index contributed by atoms with van der Waals surface area (Å²) in [5.74, 6) is -1.44. The fourth-order valence-corrected chi connectivity index (χ4v) is 1.87. The molecular formula is C13H17ClF2N2O. The number of rotatable bonds is 4. The van der Waals surface area contributed by atoms with Crippen molar-refractivity contribution in [3.05, 3.63) is 35.4 Å². The standard InChI is InChI=1S/C13H16F2N2O.ClH/c1-8(16)13(18)17(11-4-5-11)7-9-2-3-10(14)6-12(9)15;/h2-3,6,8,11H,4-5,7,16H2,1H3;1H. The fraction of sp³-hybridized carbons (Fsp3) is 0.462. The zero-order valence-electron chi connectivity index (χ0n) is 10.6. The van der Waals surface area contributed by atoms with Crippen LogP contribution < -0.4 is 5.73 Å². The van der Waals surface area contributed by atoms with Crippen molar-refractivity contribution >= 4 is 18.3 Å². The van der Waals surface area contributed by atoms with Crippen molar-refractivity contribution in [3.8, 4) is 0 Å². The predicted molar refractivity (Wildman–Crippen MR) is 70.8 cm³/mol. The molecule has 0 aliphatic heterocycles. The van der Waals surface area contributed by atoms with Gasteiger partial charge in [-0.15, -0.1) is 12.4 Å². The first kappa shape index (κ1) is 15.9. The number of halogens is 3. The second-order valence-electron chi connectivity index (χ2n) is 4.72. The first-order chi connectivity index (χ1) is 8.49. The Hall–Kier alpha value is -1.20. The molecular weight excluding hydrogens is 274 g/mol. The average Bonchev–Trinajstić information content (AvgIpc) is 3.11. The molecule has 1 saturated carbocycles. The van der Waals surface area contributed by atoms with Crippen molar-refractivity contribution in [3.63, 3.8) is 0 Å². The van der Waals surface area contributed by atoms with Gasteiger partial charge in [-0.3, -0.25) is 4.79 Å². The Labute approximate surface area is 117 Å². The molecule has 106 valence electrons. The maximum atomic E-state index is 13.5. The summed E-state index contributed by atoms with van der Waals surface area (Å²) in [5, 5.41) is 0. The van der Waals surface area contributed by atoms with Crippen LogP contribution in [0.2, 0.25) is 0 Å². The van der Waals surface area contributed by atoms with Crippen LogP contribution in [0, 0.1) is 11.6 Å². The highest BCUT2D eigenvalue weighted by Crippen LogP contribution is 2.29. The van der Waals surface area contributed by atoms with Gasteiger partial charge in [0.1, 0.15) is 11.6 Å². The van der Waals surface area contributed by atoms with Gasteiger partial charge in [-0.25, -0.2) is 8.78 Å². The van der Waals surface area contributed by atoms with E-state index in [0.717, 1.165) is 18.9 Å². The number of carbonyl (C=O) groups is 1. The van der Waals surface area contributed by atoms with Crippen LogP contribution in [0.25, 0.3) is 0 Å². The lowest BCUT2D eigenvalue weighted by Crippen LogP contribution is -2.43. The van der Waals surface area contributed by atoms with E-state index in [4.69, 9.17) is 5.73 Å². The summed E-state index contributed by atoms with van der Waals surface area (Å²) in [6.45, 7) is 1.76. The zero-order chi connectivity index (χ0) is 13.3. The number of nitrogens with two attached hydrogens (primary N) is 1. The highest BCUT2D eigenvalue weighted by Gasteiger charge is 2.34. The number of carbonyl (C=O) groups excluding carboxylic acids is 1. The van der Waals surface area contributed by atoms with Crippen LogP contribution in [0.3, 0.4) is 0 Å². The predicted octanol–water partition coefficient (Wildman–Crippen LogP) is 2.22. The topological polar surface area (TPSA) is 46.3 Å². The van der Waals surface area contributed by atoms with E-state index in [1.807, 2.05) is 0 Å². The van der Waals surface area contributed by atoms with E-state index >= 15 is 0 Å². The van der Waals surface area contributed by atoms with Gasteiger partial charge in [0.15, 0.2) is 0 Å². The maximum Gasteiger partial charge on any atom is 0.239 e. The summed E-state index contributed by atoms with van der Waals surface area (Å²) in [6.07, 6.45) is 1.84. The lowest BCUT2D eigenvalue weighted by atomic mass is 10.1. The smallest absolute Gasteiger partial charge is 0.239 e. The molecule has 0 bridgehead atoms. The summed E-state index contributed by atoms with van der Waals surface area (Å²) in [7, 11) is 0. The maximum absolute atomic E-state index is 13.5. The van der Waals surface area contributed by atoms with Gasteiger partial charge in [0.2, 0.25) is 5.91 Å². The molecule has 2 N–H and O–H groups in total. The van der Waals surface area contributed by atoms with Crippen molar-refractivity contribution < 1.29 is 13.6 Å². The van der Waals surface area contributed by atoms with E-state index in [1.165, 1.54) is 12.1 Å². The Morgan fingerprint density at radius 2 is 2.11 bits per heavy atom. The first-order valence-corrected chi connectivity index (χ1v) is 5.99.